The summed E-state index contributed by atoms with van der Waals surface area (Å²) < 4.78 is 19.4. The topological polar surface area (TPSA) is 75.0 Å². The van der Waals surface area contributed by atoms with Crippen molar-refractivity contribution in [1.29, 1.82) is 0 Å². The Bertz CT molecular complexity index is 1260. The summed E-state index contributed by atoms with van der Waals surface area (Å²) in [5.74, 6) is 1.55. The van der Waals surface area contributed by atoms with Crippen molar-refractivity contribution < 1.29 is 13.6 Å². The van der Waals surface area contributed by atoms with Crippen LogP contribution in [-0.2, 0) is 0 Å². The molecular formula is C22H19FN4O2. The zero-order chi connectivity index (χ0) is 19.5. The standard InChI is InChI=1S/C22H19FN4O2/c23-14-6-8-15-17(11-14)25-20(24-15)18-2-1-9-27(18)22(28)13-5-7-16-19(10-13)29-21(26-16)12-3-4-12/h5-8,10-12,18H,1-4,9H2,(H,24,25)/t18-/m1/s1. The van der Waals surface area contributed by atoms with E-state index in [-0.39, 0.29) is 17.8 Å². The van der Waals surface area contributed by atoms with E-state index in [1.54, 1.807) is 12.1 Å². The number of aromatic amines is 1. The van der Waals surface area contributed by atoms with Crippen LogP contribution in [0, 0.1) is 5.82 Å². The van der Waals surface area contributed by atoms with Crippen LogP contribution in [0.4, 0.5) is 4.39 Å². The molecule has 6 nitrogen and oxygen atoms in total. The van der Waals surface area contributed by atoms with Crippen molar-refractivity contribution in [3.8, 4) is 0 Å². The Morgan fingerprint density at radius 1 is 1.10 bits per heavy atom. The third-order valence-corrected chi connectivity index (χ3v) is 5.87. The summed E-state index contributed by atoms with van der Waals surface area (Å²) in [5.41, 5.74) is 3.39. The van der Waals surface area contributed by atoms with E-state index in [9.17, 15) is 9.18 Å². The third kappa shape index (κ3) is 2.80. The molecule has 146 valence electrons. The van der Waals surface area contributed by atoms with Gasteiger partial charge in [-0.25, -0.2) is 14.4 Å². The first-order valence-corrected chi connectivity index (χ1v) is 10.0. The smallest absolute Gasteiger partial charge is 0.254 e. The minimum absolute atomic E-state index is 0.0505. The van der Waals surface area contributed by atoms with Crippen LogP contribution in [0.2, 0.25) is 0 Å². The zero-order valence-corrected chi connectivity index (χ0v) is 15.7. The first-order chi connectivity index (χ1) is 14.2. The summed E-state index contributed by atoms with van der Waals surface area (Å²) in [6.07, 6.45) is 3.97. The highest BCUT2D eigenvalue weighted by Gasteiger charge is 2.33. The molecule has 3 heterocycles. The Balaban J connectivity index is 1.32. The van der Waals surface area contributed by atoms with E-state index >= 15 is 0 Å². The number of fused-ring (bicyclic) bond motifs is 2. The Labute approximate surface area is 165 Å². The van der Waals surface area contributed by atoms with E-state index in [0.717, 1.165) is 37.1 Å². The van der Waals surface area contributed by atoms with Gasteiger partial charge in [0.1, 0.15) is 17.2 Å². The molecule has 6 rings (SSSR count). The van der Waals surface area contributed by atoms with Gasteiger partial charge < -0.3 is 14.3 Å². The van der Waals surface area contributed by atoms with Crippen LogP contribution in [0.1, 0.15) is 59.7 Å². The normalized spacial score (nSPS) is 19.5. The number of imidazole rings is 1. The third-order valence-electron chi connectivity index (χ3n) is 5.87. The first-order valence-electron chi connectivity index (χ1n) is 10.0. The average molecular weight is 390 g/mol. The van der Waals surface area contributed by atoms with Crippen molar-refractivity contribution in [3.05, 3.63) is 59.5 Å². The van der Waals surface area contributed by atoms with E-state index in [4.69, 9.17) is 4.42 Å². The lowest BCUT2D eigenvalue weighted by molar-refractivity contribution is 0.0730. The molecule has 2 aromatic heterocycles. The number of rotatable bonds is 3. The van der Waals surface area contributed by atoms with Gasteiger partial charge in [0.05, 0.1) is 17.1 Å². The lowest BCUT2D eigenvalue weighted by Crippen LogP contribution is -2.31. The number of likely N-dealkylation sites (tertiary alicyclic amines) is 1. The number of nitrogens with one attached hydrogen (secondary N) is 1. The highest BCUT2D eigenvalue weighted by Crippen LogP contribution is 2.40. The number of benzene rings is 2. The van der Waals surface area contributed by atoms with Gasteiger partial charge >= 0.3 is 0 Å². The van der Waals surface area contributed by atoms with Crippen LogP contribution in [0.5, 0.6) is 0 Å². The summed E-state index contributed by atoms with van der Waals surface area (Å²) >= 11 is 0. The molecule has 1 aliphatic heterocycles. The van der Waals surface area contributed by atoms with Crippen molar-refractivity contribution >= 4 is 28.0 Å². The van der Waals surface area contributed by atoms with Crippen LogP contribution in [0.3, 0.4) is 0 Å². The van der Waals surface area contributed by atoms with Crippen molar-refractivity contribution in [3.63, 3.8) is 0 Å². The van der Waals surface area contributed by atoms with Crippen LogP contribution in [-0.4, -0.2) is 32.3 Å². The largest absolute Gasteiger partial charge is 0.440 e. The molecular weight excluding hydrogens is 371 g/mol. The van der Waals surface area contributed by atoms with E-state index in [0.29, 0.717) is 40.5 Å². The monoisotopic (exact) mass is 390 g/mol. The number of carbonyl (C=O) groups excluding carboxylic acids is 1. The van der Waals surface area contributed by atoms with Crippen LogP contribution < -0.4 is 0 Å². The summed E-state index contributed by atoms with van der Waals surface area (Å²) in [4.78, 5) is 27.4. The van der Waals surface area contributed by atoms with Gasteiger partial charge in [-0.05, 0) is 62.1 Å². The average Bonchev–Trinajstić information content (AvgIpc) is 3.15. The maximum Gasteiger partial charge on any atom is 0.254 e. The number of nitrogens with zero attached hydrogens (tertiary/aromatic N) is 3. The Morgan fingerprint density at radius 2 is 1.97 bits per heavy atom. The van der Waals surface area contributed by atoms with Crippen molar-refractivity contribution in [2.45, 2.75) is 37.6 Å². The predicted octanol–water partition coefficient (Wildman–Crippen LogP) is 4.70. The molecule has 1 amide bonds. The number of aromatic nitrogens is 3. The molecule has 0 radical (unpaired) electrons. The number of hydrogen-bond acceptors (Lipinski definition) is 4. The lowest BCUT2D eigenvalue weighted by Gasteiger charge is -2.23. The molecule has 1 saturated carbocycles. The highest BCUT2D eigenvalue weighted by molar-refractivity contribution is 5.97. The van der Waals surface area contributed by atoms with Crippen LogP contribution in [0.15, 0.2) is 40.8 Å². The molecule has 0 unspecified atom stereocenters. The van der Waals surface area contributed by atoms with Crippen molar-refractivity contribution in [1.82, 2.24) is 19.9 Å². The number of halogens is 1. The molecule has 0 bridgehead atoms. The van der Waals surface area contributed by atoms with Crippen LogP contribution in [0.25, 0.3) is 22.1 Å². The van der Waals surface area contributed by atoms with Gasteiger partial charge in [-0.1, -0.05) is 0 Å². The maximum atomic E-state index is 13.5. The molecule has 0 spiro atoms. The number of hydrogen-bond donors (Lipinski definition) is 1. The predicted molar refractivity (Wildman–Crippen MR) is 105 cm³/mol. The fourth-order valence-corrected chi connectivity index (χ4v) is 4.20. The van der Waals surface area contributed by atoms with Crippen LogP contribution >= 0.6 is 0 Å². The molecule has 2 fully saturated rings. The van der Waals surface area contributed by atoms with E-state index in [1.807, 2.05) is 17.0 Å². The molecule has 2 aliphatic rings. The molecule has 1 saturated heterocycles. The lowest BCUT2D eigenvalue weighted by atomic mass is 10.1. The molecule has 4 aromatic rings. The van der Waals surface area contributed by atoms with Gasteiger partial charge in [-0.2, -0.15) is 0 Å². The first kappa shape index (κ1) is 16.7. The van der Waals surface area contributed by atoms with E-state index in [2.05, 4.69) is 15.0 Å². The Hall–Kier alpha value is -3.22. The fourth-order valence-electron chi connectivity index (χ4n) is 4.20. The van der Waals surface area contributed by atoms with Gasteiger partial charge in [-0.3, -0.25) is 4.79 Å². The summed E-state index contributed by atoms with van der Waals surface area (Å²) in [5, 5.41) is 0. The molecule has 7 heteroatoms. The number of carbonyl (C=O) groups is 1. The Kier molecular flexibility index (Phi) is 3.54. The number of amides is 1. The summed E-state index contributed by atoms with van der Waals surface area (Å²) in [7, 11) is 0. The zero-order valence-electron chi connectivity index (χ0n) is 15.7. The second-order valence-corrected chi connectivity index (χ2v) is 7.95. The molecule has 2 aromatic carbocycles. The van der Waals surface area contributed by atoms with Gasteiger partial charge in [0.2, 0.25) is 0 Å². The second kappa shape index (κ2) is 6.14. The fraction of sp³-hybridized carbons (Fsp3) is 0.318. The Morgan fingerprint density at radius 3 is 2.83 bits per heavy atom. The molecule has 29 heavy (non-hydrogen) atoms. The van der Waals surface area contributed by atoms with Crippen molar-refractivity contribution in [2.24, 2.45) is 0 Å². The summed E-state index contributed by atoms with van der Waals surface area (Å²) in [6, 6.07) is 9.79. The van der Waals surface area contributed by atoms with E-state index in [1.165, 1.54) is 12.1 Å². The SMILES string of the molecule is O=C(c1ccc2nc(C3CC3)oc2c1)N1CCC[C@@H]1c1nc2ccc(F)cc2[nH]1. The number of H-pyrrole nitrogens is 1. The molecule has 1 atom stereocenters. The van der Waals surface area contributed by atoms with Gasteiger partial charge in [0.25, 0.3) is 5.91 Å². The van der Waals surface area contributed by atoms with E-state index < -0.39 is 0 Å². The van der Waals surface area contributed by atoms with Gasteiger partial charge in [0, 0.05) is 18.0 Å². The van der Waals surface area contributed by atoms with Crippen molar-refractivity contribution in [2.75, 3.05) is 6.54 Å². The number of oxazole rings is 1. The second-order valence-electron chi connectivity index (χ2n) is 7.95. The van der Waals surface area contributed by atoms with Gasteiger partial charge in [0.15, 0.2) is 11.5 Å². The molecule has 1 aliphatic carbocycles. The minimum atomic E-state index is -0.307. The summed E-state index contributed by atoms with van der Waals surface area (Å²) in [6.45, 7) is 0.663. The van der Waals surface area contributed by atoms with Gasteiger partial charge in [-0.15, -0.1) is 0 Å². The quantitative estimate of drug-likeness (QED) is 0.550. The maximum absolute atomic E-state index is 13.5. The minimum Gasteiger partial charge on any atom is -0.440 e. The highest BCUT2D eigenvalue weighted by atomic mass is 19.1. The molecule has 1 N–H and O–H groups in total.